The maximum atomic E-state index is 12.5. The fraction of sp³-hybridized carbons (Fsp3) is 0.485. The average molecular weight is 654 g/mol. The van der Waals surface area contributed by atoms with Gasteiger partial charge in [0, 0.05) is 37.0 Å². The van der Waals surface area contributed by atoms with Gasteiger partial charge in [0.2, 0.25) is 5.91 Å². The van der Waals surface area contributed by atoms with E-state index in [1.165, 1.54) is 0 Å². The number of rotatable bonds is 23. The predicted octanol–water partition coefficient (Wildman–Crippen LogP) is 1.51. The van der Waals surface area contributed by atoms with Gasteiger partial charge in [-0.1, -0.05) is 18.9 Å². The molecule has 0 spiro atoms. The fourth-order valence-corrected chi connectivity index (χ4v) is 3.92. The topological polar surface area (TPSA) is 187 Å². The molecular formula is C33H47N7O7. The van der Waals surface area contributed by atoms with E-state index >= 15 is 0 Å². The number of benzene rings is 1. The molecule has 1 heterocycles. The number of ether oxygens (including phenoxy) is 4. The van der Waals surface area contributed by atoms with Crippen LogP contribution in [0.15, 0.2) is 57.9 Å². The van der Waals surface area contributed by atoms with Crippen molar-refractivity contribution >= 4 is 35.0 Å². The van der Waals surface area contributed by atoms with Crippen molar-refractivity contribution in [2.45, 2.75) is 33.1 Å². The van der Waals surface area contributed by atoms with Crippen LogP contribution in [0.1, 0.15) is 43.5 Å². The summed E-state index contributed by atoms with van der Waals surface area (Å²) in [6.45, 7) is 7.95. The predicted molar refractivity (Wildman–Crippen MR) is 181 cm³/mol. The van der Waals surface area contributed by atoms with Gasteiger partial charge in [0.1, 0.15) is 12.4 Å². The molecule has 14 nitrogen and oxygen atoms in total. The largest absolute Gasteiger partial charge is 0.387 e. The van der Waals surface area contributed by atoms with Gasteiger partial charge in [0.05, 0.1) is 64.2 Å². The van der Waals surface area contributed by atoms with Crippen LogP contribution >= 0.6 is 0 Å². The van der Waals surface area contributed by atoms with Crippen LogP contribution in [-0.2, 0) is 28.5 Å². The zero-order valence-electron chi connectivity index (χ0n) is 27.3. The van der Waals surface area contributed by atoms with Gasteiger partial charge in [-0.05, 0) is 44.0 Å². The highest BCUT2D eigenvalue weighted by atomic mass is 16.6. The first-order valence-electron chi connectivity index (χ1n) is 15.6. The zero-order valence-corrected chi connectivity index (χ0v) is 27.3. The molecule has 0 radical (unpaired) electrons. The summed E-state index contributed by atoms with van der Waals surface area (Å²) in [6.07, 6.45) is 10.2. The molecule has 0 aromatic heterocycles. The Bertz CT molecular complexity index is 1300. The molecule has 1 aromatic rings. The van der Waals surface area contributed by atoms with Crippen molar-refractivity contribution in [3.63, 3.8) is 0 Å². The second kappa shape index (κ2) is 23.7. The molecule has 1 aliphatic rings. The third kappa shape index (κ3) is 17.1. The van der Waals surface area contributed by atoms with Crippen LogP contribution in [0.2, 0.25) is 0 Å². The van der Waals surface area contributed by atoms with Crippen LogP contribution < -0.4 is 27.0 Å². The van der Waals surface area contributed by atoms with Crippen molar-refractivity contribution in [3.8, 4) is 12.3 Å². The summed E-state index contributed by atoms with van der Waals surface area (Å²) in [5.74, 6) is 1.69. The number of hydrogen-bond acceptors (Lipinski definition) is 10. The Hall–Kier alpha value is -4.55. The standard InChI is InChI=1S/C33H47N7O7/c1-4-7-29-31(33(43)39-25(3)34)40-28(24-38-29)23-37-27-11-9-26(10-12-27)32(42)36-13-6-8-30(41)35-14-16-45-18-20-47-22-21-46-19-17-44-15-5-2/h2,7,9-12,24,37-38H,4,6,8,13-23H2,1,3H3,(H,35,41)(H,36,42)(H2,34,39,43)/b29-7-. The number of carbonyl (C=O) groups is 3. The van der Waals surface area contributed by atoms with Crippen LogP contribution in [0.25, 0.3) is 0 Å². The van der Waals surface area contributed by atoms with Gasteiger partial charge >= 0.3 is 0 Å². The van der Waals surface area contributed by atoms with Gasteiger partial charge in [-0.3, -0.25) is 14.4 Å². The van der Waals surface area contributed by atoms with Gasteiger partial charge in [0.25, 0.3) is 11.8 Å². The lowest BCUT2D eigenvalue weighted by Gasteiger charge is -2.17. The van der Waals surface area contributed by atoms with Gasteiger partial charge in [-0.2, -0.15) is 4.99 Å². The summed E-state index contributed by atoms with van der Waals surface area (Å²) < 4.78 is 21.3. The fourth-order valence-electron chi connectivity index (χ4n) is 3.92. The Balaban J connectivity index is 1.56. The van der Waals surface area contributed by atoms with E-state index in [2.05, 4.69) is 37.2 Å². The minimum absolute atomic E-state index is 0.109. The summed E-state index contributed by atoms with van der Waals surface area (Å²) >= 11 is 0. The zero-order chi connectivity index (χ0) is 34.1. The van der Waals surface area contributed by atoms with E-state index in [9.17, 15) is 14.4 Å². The van der Waals surface area contributed by atoms with Crippen LogP contribution in [0.4, 0.5) is 5.69 Å². The summed E-state index contributed by atoms with van der Waals surface area (Å²) in [6, 6.07) is 6.97. The Morgan fingerprint density at radius 1 is 0.979 bits per heavy atom. The number of nitrogens with zero attached hydrogens (tertiary/aromatic N) is 2. The van der Waals surface area contributed by atoms with E-state index in [0.29, 0.717) is 89.3 Å². The monoisotopic (exact) mass is 653 g/mol. The molecule has 1 aliphatic heterocycles. The highest BCUT2D eigenvalue weighted by molar-refractivity contribution is 6.47. The van der Waals surface area contributed by atoms with Crippen molar-refractivity contribution in [1.82, 2.24) is 16.0 Å². The van der Waals surface area contributed by atoms with E-state index in [1.807, 2.05) is 13.0 Å². The maximum absolute atomic E-state index is 12.5. The van der Waals surface area contributed by atoms with Crippen molar-refractivity contribution in [2.75, 3.05) is 77.8 Å². The summed E-state index contributed by atoms with van der Waals surface area (Å²) in [5.41, 5.74) is 8.23. The quantitative estimate of drug-likeness (QED) is 0.0502. The molecule has 1 aromatic carbocycles. The summed E-state index contributed by atoms with van der Waals surface area (Å²) in [5, 5.41) is 11.9. The number of amides is 3. The average Bonchev–Trinajstić information content (AvgIpc) is 3.06. The Labute approximate surface area is 276 Å². The smallest absolute Gasteiger partial charge is 0.299 e. The molecule has 2 rings (SSSR count). The number of amidine groups is 1. The Morgan fingerprint density at radius 2 is 1.64 bits per heavy atom. The van der Waals surface area contributed by atoms with Crippen LogP contribution in [-0.4, -0.2) is 102 Å². The molecule has 0 unspecified atom stereocenters. The lowest BCUT2D eigenvalue weighted by atomic mass is 10.1. The molecule has 256 valence electrons. The minimum Gasteiger partial charge on any atom is -0.387 e. The van der Waals surface area contributed by atoms with Gasteiger partial charge in [-0.25, -0.2) is 4.99 Å². The third-order valence-electron chi connectivity index (χ3n) is 6.15. The number of anilines is 1. The molecule has 0 saturated heterocycles. The number of aliphatic imine (C=N–C) groups is 2. The number of terminal acetylenes is 1. The summed E-state index contributed by atoms with van der Waals surface area (Å²) in [4.78, 5) is 45.3. The SMILES string of the molecule is C#CCOCCOCCOCCOCCNC(=O)CCCNC(=O)c1ccc(NCC2=CN/C(=C\CC)C(C(=O)N=C(C)N)=N2)cc1. The van der Waals surface area contributed by atoms with Crippen molar-refractivity contribution in [3.05, 3.63) is 53.5 Å². The lowest BCUT2D eigenvalue weighted by Crippen LogP contribution is -2.29. The molecule has 0 atom stereocenters. The van der Waals surface area contributed by atoms with Crippen LogP contribution in [0, 0.1) is 12.3 Å². The molecule has 0 saturated carbocycles. The van der Waals surface area contributed by atoms with Gasteiger partial charge in [-0.15, -0.1) is 6.42 Å². The minimum atomic E-state index is -0.514. The first kappa shape index (κ1) is 38.6. The van der Waals surface area contributed by atoms with E-state index in [0.717, 1.165) is 12.1 Å². The molecule has 14 heteroatoms. The lowest BCUT2D eigenvalue weighted by molar-refractivity contribution is -0.121. The van der Waals surface area contributed by atoms with Gasteiger partial charge < -0.3 is 45.9 Å². The van der Waals surface area contributed by atoms with Gasteiger partial charge in [0.15, 0.2) is 5.71 Å². The third-order valence-corrected chi connectivity index (χ3v) is 6.15. The summed E-state index contributed by atoms with van der Waals surface area (Å²) in [7, 11) is 0. The second-order valence-corrected chi connectivity index (χ2v) is 10.1. The maximum Gasteiger partial charge on any atom is 0.299 e. The van der Waals surface area contributed by atoms with Crippen molar-refractivity contribution in [2.24, 2.45) is 15.7 Å². The van der Waals surface area contributed by atoms with E-state index in [1.54, 1.807) is 37.4 Å². The molecule has 3 amide bonds. The Kier molecular flexibility index (Phi) is 19.5. The first-order valence-corrected chi connectivity index (χ1v) is 15.6. The number of nitrogens with one attached hydrogen (secondary N) is 4. The molecular weight excluding hydrogens is 606 g/mol. The Morgan fingerprint density at radius 3 is 2.28 bits per heavy atom. The number of hydrogen-bond donors (Lipinski definition) is 5. The second-order valence-electron chi connectivity index (χ2n) is 10.1. The molecule has 0 bridgehead atoms. The van der Waals surface area contributed by atoms with E-state index in [-0.39, 0.29) is 36.4 Å². The van der Waals surface area contributed by atoms with Crippen molar-refractivity contribution < 1.29 is 33.3 Å². The van der Waals surface area contributed by atoms with E-state index < -0.39 is 5.91 Å². The highest BCUT2D eigenvalue weighted by Gasteiger charge is 2.20. The van der Waals surface area contributed by atoms with Crippen molar-refractivity contribution in [1.29, 1.82) is 0 Å². The highest BCUT2D eigenvalue weighted by Crippen LogP contribution is 2.14. The molecule has 6 N–H and O–H groups in total. The number of allylic oxidation sites excluding steroid dienone is 1. The van der Waals surface area contributed by atoms with Crippen LogP contribution in [0.5, 0.6) is 0 Å². The molecule has 0 aliphatic carbocycles. The number of carbonyl (C=O) groups excluding carboxylic acids is 3. The molecule has 0 fully saturated rings. The van der Waals surface area contributed by atoms with E-state index in [4.69, 9.17) is 31.1 Å². The van der Waals surface area contributed by atoms with Crippen LogP contribution in [0.3, 0.4) is 0 Å². The molecule has 47 heavy (non-hydrogen) atoms. The normalized spacial score (nSPS) is 13.6. The first-order chi connectivity index (χ1) is 22.8. The number of nitrogens with two attached hydrogens (primary N) is 1.